The molecule has 0 fully saturated rings. The maximum atomic E-state index is 12.4. The Morgan fingerprint density at radius 1 is 1.42 bits per heavy atom. The van der Waals surface area contributed by atoms with Crippen LogP contribution in [-0.2, 0) is 16.6 Å². The van der Waals surface area contributed by atoms with Gasteiger partial charge in [-0.15, -0.1) is 0 Å². The van der Waals surface area contributed by atoms with Crippen molar-refractivity contribution in [1.29, 1.82) is 0 Å². The zero-order valence-electron chi connectivity index (χ0n) is 10.2. The first-order chi connectivity index (χ1) is 8.94. The van der Waals surface area contributed by atoms with E-state index in [9.17, 15) is 8.42 Å². The Balaban J connectivity index is 2.48. The molecule has 0 bridgehead atoms. The molecule has 1 aromatic carbocycles. The van der Waals surface area contributed by atoms with Gasteiger partial charge in [0.05, 0.1) is 5.69 Å². The van der Waals surface area contributed by atoms with Crippen LogP contribution < -0.4 is 10.5 Å². The first-order valence-electron chi connectivity index (χ1n) is 5.48. The summed E-state index contributed by atoms with van der Waals surface area (Å²) in [7, 11) is -3.61. The van der Waals surface area contributed by atoms with Gasteiger partial charge in [0.15, 0.2) is 0 Å². The Bertz CT molecular complexity index is 682. The number of hydrogen-bond donors (Lipinski definition) is 2. The van der Waals surface area contributed by atoms with Gasteiger partial charge in [-0.05, 0) is 51.5 Å². The van der Waals surface area contributed by atoms with Crippen molar-refractivity contribution in [2.24, 2.45) is 5.73 Å². The number of thiophene rings is 1. The van der Waals surface area contributed by atoms with E-state index in [1.807, 2.05) is 18.4 Å². The van der Waals surface area contributed by atoms with Gasteiger partial charge >= 0.3 is 0 Å². The molecule has 0 radical (unpaired) electrons. The SMILES string of the molecule is Cc1cc(CN)cc(S(=O)(=O)Nc2ccsc2)c1Br. The van der Waals surface area contributed by atoms with Crippen molar-refractivity contribution in [2.75, 3.05) is 4.72 Å². The van der Waals surface area contributed by atoms with E-state index in [0.717, 1.165) is 11.1 Å². The fraction of sp³-hybridized carbons (Fsp3) is 0.167. The summed E-state index contributed by atoms with van der Waals surface area (Å²) >= 11 is 4.76. The maximum Gasteiger partial charge on any atom is 0.263 e. The minimum absolute atomic E-state index is 0.208. The van der Waals surface area contributed by atoms with E-state index in [0.29, 0.717) is 16.7 Å². The van der Waals surface area contributed by atoms with E-state index in [1.165, 1.54) is 11.3 Å². The van der Waals surface area contributed by atoms with E-state index in [4.69, 9.17) is 5.73 Å². The Morgan fingerprint density at radius 2 is 2.16 bits per heavy atom. The Kier molecular flexibility index (Phi) is 4.29. The lowest BCUT2D eigenvalue weighted by molar-refractivity contribution is 0.600. The summed E-state index contributed by atoms with van der Waals surface area (Å²) in [6.45, 7) is 2.14. The molecule has 4 nitrogen and oxygen atoms in total. The van der Waals surface area contributed by atoms with Crippen molar-refractivity contribution in [3.63, 3.8) is 0 Å². The number of sulfonamides is 1. The van der Waals surface area contributed by atoms with E-state index in [-0.39, 0.29) is 4.90 Å². The fourth-order valence-corrected chi connectivity index (χ4v) is 4.44. The predicted octanol–water partition coefficient (Wildman–Crippen LogP) is 3.08. The standard InChI is InChI=1S/C12H13BrN2O2S2/c1-8-4-9(6-14)5-11(12(8)13)19(16,17)15-10-2-3-18-7-10/h2-5,7,15H,6,14H2,1H3. The molecule has 0 aliphatic heterocycles. The van der Waals surface area contributed by atoms with Crippen LogP contribution in [0.2, 0.25) is 0 Å². The normalized spacial score (nSPS) is 11.5. The highest BCUT2D eigenvalue weighted by atomic mass is 79.9. The quantitative estimate of drug-likeness (QED) is 0.879. The molecule has 0 saturated heterocycles. The molecule has 7 heteroatoms. The van der Waals surface area contributed by atoms with E-state index in [2.05, 4.69) is 20.7 Å². The third-order valence-corrected chi connectivity index (χ3v) is 5.98. The summed E-state index contributed by atoms with van der Waals surface area (Å²) in [5.41, 5.74) is 7.78. The van der Waals surface area contributed by atoms with Gasteiger partial charge in [-0.1, -0.05) is 6.07 Å². The monoisotopic (exact) mass is 360 g/mol. The average molecular weight is 361 g/mol. The molecule has 1 heterocycles. The predicted molar refractivity (Wildman–Crippen MR) is 81.9 cm³/mol. The number of nitrogens with one attached hydrogen (secondary N) is 1. The van der Waals surface area contributed by atoms with Gasteiger partial charge in [-0.25, -0.2) is 8.42 Å². The summed E-state index contributed by atoms with van der Waals surface area (Å²) in [5.74, 6) is 0. The van der Waals surface area contributed by atoms with Gasteiger partial charge in [0, 0.05) is 16.4 Å². The first-order valence-corrected chi connectivity index (χ1v) is 8.70. The molecule has 1 aromatic heterocycles. The van der Waals surface area contributed by atoms with Gasteiger partial charge in [0.25, 0.3) is 10.0 Å². The molecule has 0 amide bonds. The average Bonchev–Trinajstić information content (AvgIpc) is 2.84. The molecule has 0 atom stereocenters. The number of anilines is 1. The van der Waals surface area contributed by atoms with E-state index in [1.54, 1.807) is 17.5 Å². The number of nitrogens with two attached hydrogens (primary N) is 1. The lowest BCUT2D eigenvalue weighted by Crippen LogP contribution is -2.14. The van der Waals surface area contributed by atoms with Crippen LogP contribution in [0.4, 0.5) is 5.69 Å². The third kappa shape index (κ3) is 3.17. The first kappa shape index (κ1) is 14.5. The molecule has 0 saturated carbocycles. The number of benzene rings is 1. The number of halogens is 1. The van der Waals surface area contributed by atoms with Crippen LogP contribution in [0.3, 0.4) is 0 Å². The summed E-state index contributed by atoms with van der Waals surface area (Å²) < 4.78 is 27.8. The van der Waals surface area contributed by atoms with Crippen LogP contribution in [0, 0.1) is 6.92 Å². The van der Waals surface area contributed by atoms with Crippen molar-refractivity contribution in [3.05, 3.63) is 44.6 Å². The Morgan fingerprint density at radius 3 is 2.74 bits per heavy atom. The molecule has 102 valence electrons. The van der Waals surface area contributed by atoms with Crippen molar-refractivity contribution in [3.8, 4) is 0 Å². The Labute approximate surface area is 124 Å². The third-order valence-electron chi connectivity index (χ3n) is 2.58. The van der Waals surface area contributed by atoms with Crippen LogP contribution in [0.1, 0.15) is 11.1 Å². The molecule has 2 aromatic rings. The van der Waals surface area contributed by atoms with E-state index < -0.39 is 10.0 Å². The van der Waals surface area contributed by atoms with Crippen molar-refractivity contribution in [1.82, 2.24) is 0 Å². The highest BCUT2D eigenvalue weighted by molar-refractivity contribution is 9.10. The second-order valence-corrected chi connectivity index (χ2v) is 7.27. The molecule has 0 aliphatic carbocycles. The molecular weight excluding hydrogens is 348 g/mol. The van der Waals surface area contributed by atoms with Crippen LogP contribution in [0.25, 0.3) is 0 Å². The Hall–Kier alpha value is -0.890. The molecule has 0 spiro atoms. The lowest BCUT2D eigenvalue weighted by Gasteiger charge is -2.12. The van der Waals surface area contributed by atoms with Gasteiger partial charge < -0.3 is 5.73 Å². The topological polar surface area (TPSA) is 72.2 Å². The minimum Gasteiger partial charge on any atom is -0.326 e. The summed E-state index contributed by atoms with van der Waals surface area (Å²) in [4.78, 5) is 0.208. The van der Waals surface area contributed by atoms with Gasteiger partial charge in [0.1, 0.15) is 4.90 Å². The zero-order chi connectivity index (χ0) is 14.0. The molecule has 3 N–H and O–H groups in total. The van der Waals surface area contributed by atoms with Crippen LogP contribution in [0.15, 0.2) is 38.3 Å². The summed E-state index contributed by atoms with van der Waals surface area (Å²) in [6.07, 6.45) is 0. The lowest BCUT2D eigenvalue weighted by atomic mass is 10.1. The second-order valence-electron chi connectivity index (χ2n) is 4.05. The molecular formula is C12H13BrN2O2S2. The second kappa shape index (κ2) is 5.62. The summed E-state index contributed by atoms with van der Waals surface area (Å²) in [5, 5.41) is 3.56. The van der Waals surface area contributed by atoms with Crippen molar-refractivity contribution < 1.29 is 8.42 Å². The zero-order valence-corrected chi connectivity index (χ0v) is 13.4. The number of rotatable bonds is 4. The smallest absolute Gasteiger partial charge is 0.263 e. The number of hydrogen-bond acceptors (Lipinski definition) is 4. The minimum atomic E-state index is -3.61. The maximum absolute atomic E-state index is 12.4. The molecule has 2 rings (SSSR count). The molecule has 0 unspecified atom stereocenters. The van der Waals surface area contributed by atoms with Gasteiger partial charge in [0.2, 0.25) is 0 Å². The molecule has 19 heavy (non-hydrogen) atoms. The highest BCUT2D eigenvalue weighted by Crippen LogP contribution is 2.29. The highest BCUT2D eigenvalue weighted by Gasteiger charge is 2.20. The van der Waals surface area contributed by atoms with Crippen LogP contribution in [-0.4, -0.2) is 8.42 Å². The van der Waals surface area contributed by atoms with Crippen LogP contribution >= 0.6 is 27.3 Å². The van der Waals surface area contributed by atoms with Crippen LogP contribution in [0.5, 0.6) is 0 Å². The van der Waals surface area contributed by atoms with Gasteiger partial charge in [-0.2, -0.15) is 11.3 Å². The van der Waals surface area contributed by atoms with Crippen molar-refractivity contribution in [2.45, 2.75) is 18.4 Å². The number of aryl methyl sites for hydroxylation is 1. The largest absolute Gasteiger partial charge is 0.326 e. The van der Waals surface area contributed by atoms with Crippen molar-refractivity contribution >= 4 is 43.0 Å². The fourth-order valence-electron chi connectivity index (χ4n) is 1.66. The van der Waals surface area contributed by atoms with E-state index >= 15 is 0 Å². The van der Waals surface area contributed by atoms with Gasteiger partial charge in [-0.3, -0.25) is 4.72 Å². The molecule has 0 aliphatic rings. The summed E-state index contributed by atoms with van der Waals surface area (Å²) in [6, 6.07) is 5.18.